The monoisotopic (exact) mass is 480 g/mol. The van der Waals surface area contributed by atoms with Crippen molar-refractivity contribution < 1.29 is 31.6 Å². The number of hydrogen-bond acceptors (Lipinski definition) is 6. The Bertz CT molecular complexity index is 1190. The molecule has 2 amide bonds. The van der Waals surface area contributed by atoms with Crippen molar-refractivity contribution in [2.45, 2.75) is 6.18 Å². The van der Waals surface area contributed by atoms with E-state index in [-0.39, 0.29) is 16.8 Å². The highest BCUT2D eigenvalue weighted by Gasteiger charge is 2.30. The van der Waals surface area contributed by atoms with Crippen LogP contribution in [0, 0.1) is 0 Å². The Hall–Kier alpha value is -3.40. The molecule has 8 nitrogen and oxygen atoms in total. The highest BCUT2D eigenvalue weighted by molar-refractivity contribution is 7.62. The fourth-order valence-corrected chi connectivity index (χ4v) is 3.99. The van der Waals surface area contributed by atoms with Crippen LogP contribution in [0.25, 0.3) is 11.1 Å². The van der Waals surface area contributed by atoms with Crippen molar-refractivity contribution in [3.63, 3.8) is 0 Å². The third kappa shape index (κ3) is 5.70. The Morgan fingerprint density at radius 3 is 2.24 bits per heavy atom. The average Bonchev–Trinajstić information content (AvgIpc) is 2.79. The highest BCUT2D eigenvalue weighted by atomic mass is 31.2. The van der Waals surface area contributed by atoms with E-state index in [1.54, 1.807) is 30.3 Å². The molecule has 0 spiro atoms. The molecule has 0 aliphatic rings. The van der Waals surface area contributed by atoms with Gasteiger partial charge in [-0.1, -0.05) is 18.2 Å². The lowest BCUT2D eigenvalue weighted by molar-refractivity contribution is -0.137. The number of halogens is 3. The van der Waals surface area contributed by atoms with Gasteiger partial charge in [-0.3, -0.25) is 4.57 Å². The fourth-order valence-electron chi connectivity index (χ4n) is 2.93. The van der Waals surface area contributed by atoms with E-state index in [1.807, 2.05) is 0 Å². The molecule has 0 fully saturated rings. The number of hydrogen-bond donors (Lipinski definition) is 3. The van der Waals surface area contributed by atoms with E-state index < -0.39 is 25.4 Å². The number of urea groups is 1. The maximum Gasteiger partial charge on any atom is 0.416 e. The molecule has 1 aromatic heterocycles. The maximum absolute atomic E-state index is 12.8. The molecular formula is C21H20F3N4O4P. The molecular weight excluding hydrogens is 460 g/mol. The smallest absolute Gasteiger partial charge is 0.383 e. The van der Waals surface area contributed by atoms with Gasteiger partial charge in [0.2, 0.25) is 0 Å². The molecule has 2 aromatic carbocycles. The molecule has 3 rings (SSSR count). The minimum atomic E-state index is -4.52. The zero-order chi connectivity index (χ0) is 24.2. The van der Waals surface area contributed by atoms with Crippen LogP contribution in [0.15, 0.2) is 60.8 Å². The summed E-state index contributed by atoms with van der Waals surface area (Å²) in [5.74, 6) is 0.181. The van der Waals surface area contributed by atoms with Crippen molar-refractivity contribution in [1.29, 1.82) is 0 Å². The van der Waals surface area contributed by atoms with Crippen LogP contribution in [0.5, 0.6) is 0 Å². The number of anilines is 3. The second-order valence-electron chi connectivity index (χ2n) is 6.72. The Kier molecular flexibility index (Phi) is 7.06. The normalized spacial score (nSPS) is 11.8. The first-order valence-electron chi connectivity index (χ1n) is 9.39. The van der Waals surface area contributed by atoms with Crippen LogP contribution in [-0.4, -0.2) is 25.2 Å². The van der Waals surface area contributed by atoms with Crippen LogP contribution in [0.4, 0.5) is 35.2 Å². The minimum Gasteiger partial charge on any atom is -0.383 e. The lowest BCUT2D eigenvalue weighted by Crippen LogP contribution is -2.19. The molecule has 0 unspecified atom stereocenters. The maximum atomic E-state index is 12.8. The summed E-state index contributed by atoms with van der Waals surface area (Å²) in [4.78, 5) is 16.2. The Labute approximate surface area is 187 Å². The van der Waals surface area contributed by atoms with Crippen LogP contribution >= 0.6 is 7.60 Å². The topological polar surface area (TPSA) is 116 Å². The second-order valence-corrected chi connectivity index (χ2v) is 8.97. The SMILES string of the molecule is COP(=O)(OC)c1cnc(N)c(-c2ccc(NC(=O)Nc3cccc(C(F)(F)F)c3)cc2)c1. The zero-order valence-corrected chi connectivity index (χ0v) is 18.4. The molecule has 0 radical (unpaired) electrons. The van der Waals surface area contributed by atoms with E-state index in [0.29, 0.717) is 16.8 Å². The number of aromatic nitrogens is 1. The van der Waals surface area contributed by atoms with Gasteiger partial charge in [0.1, 0.15) is 5.82 Å². The lowest BCUT2D eigenvalue weighted by Gasteiger charge is -2.15. The summed E-state index contributed by atoms with van der Waals surface area (Å²) in [7, 11) is -1.02. The van der Waals surface area contributed by atoms with Crippen molar-refractivity contribution >= 4 is 36.1 Å². The van der Waals surface area contributed by atoms with Gasteiger partial charge in [-0.25, -0.2) is 9.78 Å². The van der Waals surface area contributed by atoms with Crippen LogP contribution in [0.1, 0.15) is 5.56 Å². The highest BCUT2D eigenvalue weighted by Crippen LogP contribution is 2.45. The number of carbonyl (C=O) groups excluding carboxylic acids is 1. The van der Waals surface area contributed by atoms with Gasteiger partial charge < -0.3 is 25.4 Å². The number of pyridine rings is 1. The van der Waals surface area contributed by atoms with Crippen molar-refractivity contribution in [1.82, 2.24) is 4.98 Å². The summed E-state index contributed by atoms with van der Waals surface area (Å²) in [6.07, 6.45) is -3.21. The van der Waals surface area contributed by atoms with E-state index >= 15 is 0 Å². The van der Waals surface area contributed by atoms with E-state index in [0.717, 1.165) is 12.1 Å². The molecule has 4 N–H and O–H groups in total. The predicted molar refractivity (Wildman–Crippen MR) is 119 cm³/mol. The number of nitrogen functional groups attached to an aromatic ring is 1. The summed E-state index contributed by atoms with van der Waals surface area (Å²) in [6, 6.07) is 11.5. The number of amides is 2. The standard InChI is InChI=1S/C21H20F3N4O4P/c1-31-33(30,32-2)17-11-18(19(25)26-12-17)13-6-8-15(9-7-13)27-20(29)28-16-5-3-4-14(10-16)21(22,23)24/h3-12H,1-2H3,(H2,25,26)(H2,27,28,29). The van der Waals surface area contributed by atoms with Gasteiger partial charge in [-0.15, -0.1) is 0 Å². The summed E-state index contributed by atoms with van der Waals surface area (Å²) in [5, 5.41) is 5.11. The van der Waals surface area contributed by atoms with Crippen molar-refractivity contribution in [3.8, 4) is 11.1 Å². The molecule has 174 valence electrons. The summed E-state index contributed by atoms with van der Waals surface area (Å²) < 4.78 is 61.0. The lowest BCUT2D eigenvalue weighted by atomic mass is 10.1. The number of nitrogens with one attached hydrogen (secondary N) is 2. The van der Waals surface area contributed by atoms with Crippen molar-refractivity contribution in [2.75, 3.05) is 30.6 Å². The van der Waals surface area contributed by atoms with Gasteiger partial charge in [-0.2, -0.15) is 13.2 Å². The average molecular weight is 480 g/mol. The van der Waals surface area contributed by atoms with Gasteiger partial charge in [0.05, 0.1) is 10.9 Å². The first kappa shape index (κ1) is 24.2. The number of rotatable bonds is 6. The quantitative estimate of drug-likeness (QED) is 0.423. The van der Waals surface area contributed by atoms with Crippen LogP contribution in [-0.2, 0) is 19.8 Å². The van der Waals surface area contributed by atoms with Gasteiger partial charge >= 0.3 is 19.8 Å². The van der Waals surface area contributed by atoms with Crippen molar-refractivity contribution in [3.05, 3.63) is 66.4 Å². The van der Waals surface area contributed by atoms with E-state index in [2.05, 4.69) is 15.6 Å². The molecule has 0 atom stereocenters. The molecule has 12 heteroatoms. The molecule has 0 aliphatic heterocycles. The minimum absolute atomic E-state index is 0.00433. The van der Waals surface area contributed by atoms with Gasteiger partial charge in [-0.05, 0) is 42.0 Å². The number of alkyl halides is 3. The van der Waals surface area contributed by atoms with Crippen molar-refractivity contribution in [2.24, 2.45) is 0 Å². The Morgan fingerprint density at radius 2 is 1.64 bits per heavy atom. The number of nitrogens with two attached hydrogens (primary N) is 1. The summed E-state index contributed by atoms with van der Waals surface area (Å²) in [6.45, 7) is 0. The molecule has 3 aromatic rings. The second kappa shape index (κ2) is 9.62. The Balaban J connectivity index is 1.75. The van der Waals surface area contributed by atoms with Gasteiger partial charge in [0.15, 0.2) is 0 Å². The van der Waals surface area contributed by atoms with E-state index in [1.165, 1.54) is 32.5 Å². The molecule has 1 heterocycles. The van der Waals surface area contributed by atoms with E-state index in [4.69, 9.17) is 14.8 Å². The fraction of sp³-hybridized carbons (Fsp3) is 0.143. The summed E-state index contributed by atoms with van der Waals surface area (Å²) in [5.41, 5.74) is 6.55. The third-order valence-corrected chi connectivity index (χ3v) is 6.44. The predicted octanol–water partition coefficient (Wildman–Crippen LogP) is 5.10. The number of benzene rings is 2. The molecule has 33 heavy (non-hydrogen) atoms. The number of nitrogens with zero attached hydrogens (tertiary/aromatic N) is 1. The molecule has 0 aliphatic carbocycles. The zero-order valence-electron chi connectivity index (χ0n) is 17.5. The van der Waals surface area contributed by atoms with Crippen LogP contribution in [0.3, 0.4) is 0 Å². The largest absolute Gasteiger partial charge is 0.416 e. The molecule has 0 bridgehead atoms. The first-order valence-corrected chi connectivity index (χ1v) is 10.9. The van der Waals surface area contributed by atoms with Gasteiger partial charge in [0, 0.05) is 37.4 Å². The summed E-state index contributed by atoms with van der Waals surface area (Å²) >= 11 is 0. The number of carbonyl (C=O) groups is 1. The van der Waals surface area contributed by atoms with Crippen LogP contribution < -0.4 is 21.7 Å². The Morgan fingerprint density at radius 1 is 1.00 bits per heavy atom. The van der Waals surface area contributed by atoms with E-state index in [9.17, 15) is 22.5 Å². The molecule has 0 saturated heterocycles. The first-order chi connectivity index (χ1) is 15.6. The van der Waals surface area contributed by atoms with Crippen LogP contribution in [0.2, 0.25) is 0 Å². The third-order valence-electron chi connectivity index (χ3n) is 4.60. The molecule has 0 saturated carbocycles. The van der Waals surface area contributed by atoms with Gasteiger partial charge in [0.25, 0.3) is 0 Å².